The largest absolute Gasteiger partial charge is 0.493 e. The first-order valence-electron chi connectivity index (χ1n) is 6.82. The second kappa shape index (κ2) is 8.77. The maximum atomic E-state index is 5.56. The lowest BCUT2D eigenvalue weighted by Gasteiger charge is -2.17. The fourth-order valence-electron chi connectivity index (χ4n) is 1.84. The van der Waals surface area contributed by atoms with Gasteiger partial charge in [0.2, 0.25) is 0 Å². The van der Waals surface area contributed by atoms with E-state index in [1.54, 1.807) is 7.11 Å². The van der Waals surface area contributed by atoms with Gasteiger partial charge in [-0.15, -0.1) is 0 Å². The van der Waals surface area contributed by atoms with E-state index in [-0.39, 0.29) is 0 Å². The molecule has 4 heteroatoms. The molecule has 1 rings (SSSR count). The van der Waals surface area contributed by atoms with Crippen LogP contribution in [0.4, 0.5) is 0 Å². The minimum atomic E-state index is 0.306. The normalized spacial score (nSPS) is 12.2. The predicted octanol–water partition coefficient (Wildman–Crippen LogP) is 2.61. The first-order valence-corrected chi connectivity index (χ1v) is 6.82. The molecule has 1 N–H and O–H groups in total. The molecule has 0 saturated heterocycles. The third kappa shape index (κ3) is 5.09. The van der Waals surface area contributed by atoms with Crippen LogP contribution in [0.25, 0.3) is 0 Å². The average Bonchev–Trinajstić information content (AvgIpc) is 2.43. The van der Waals surface area contributed by atoms with Crippen molar-refractivity contribution < 1.29 is 14.2 Å². The van der Waals surface area contributed by atoms with Crippen molar-refractivity contribution in [2.24, 2.45) is 0 Å². The molecule has 0 heterocycles. The minimum Gasteiger partial charge on any atom is -0.493 e. The van der Waals surface area contributed by atoms with Gasteiger partial charge in [-0.1, -0.05) is 12.1 Å². The average molecular weight is 267 g/mol. The number of ether oxygens (including phenoxy) is 3. The summed E-state index contributed by atoms with van der Waals surface area (Å²) in [6.07, 6.45) is 0. The van der Waals surface area contributed by atoms with Crippen LogP contribution in [0.5, 0.6) is 11.5 Å². The highest BCUT2D eigenvalue weighted by Gasteiger charge is 2.10. The highest BCUT2D eigenvalue weighted by atomic mass is 16.5. The summed E-state index contributed by atoms with van der Waals surface area (Å²) in [6.45, 7) is 8.90. The van der Waals surface area contributed by atoms with Gasteiger partial charge in [-0.25, -0.2) is 0 Å². The van der Waals surface area contributed by atoms with Crippen LogP contribution in [0.3, 0.4) is 0 Å². The number of methoxy groups -OCH3 is 1. The van der Waals surface area contributed by atoms with Gasteiger partial charge >= 0.3 is 0 Å². The van der Waals surface area contributed by atoms with Crippen molar-refractivity contribution in [3.8, 4) is 11.5 Å². The van der Waals surface area contributed by atoms with Crippen LogP contribution in [0.15, 0.2) is 18.2 Å². The monoisotopic (exact) mass is 267 g/mol. The molecule has 0 spiro atoms. The van der Waals surface area contributed by atoms with Crippen molar-refractivity contribution in [2.75, 3.05) is 26.9 Å². The molecule has 108 valence electrons. The number of hydrogen-bond donors (Lipinski definition) is 1. The fraction of sp³-hybridized carbons (Fsp3) is 0.600. The highest BCUT2D eigenvalue weighted by Crippen LogP contribution is 2.30. The summed E-state index contributed by atoms with van der Waals surface area (Å²) >= 11 is 0. The molecule has 0 aliphatic rings. The van der Waals surface area contributed by atoms with Crippen molar-refractivity contribution in [1.82, 2.24) is 5.32 Å². The minimum absolute atomic E-state index is 0.306. The fourth-order valence-corrected chi connectivity index (χ4v) is 1.84. The molecule has 0 aliphatic heterocycles. The zero-order valence-electron chi connectivity index (χ0n) is 12.4. The highest BCUT2D eigenvalue weighted by molar-refractivity contribution is 5.46. The van der Waals surface area contributed by atoms with Crippen LogP contribution in [-0.4, -0.2) is 33.0 Å². The second-order valence-corrected chi connectivity index (χ2v) is 4.32. The molecule has 0 radical (unpaired) electrons. The van der Waals surface area contributed by atoms with Crippen molar-refractivity contribution in [3.05, 3.63) is 23.8 Å². The van der Waals surface area contributed by atoms with Crippen LogP contribution in [0, 0.1) is 0 Å². The summed E-state index contributed by atoms with van der Waals surface area (Å²) in [7, 11) is 1.67. The number of benzene rings is 1. The first-order chi connectivity index (χ1) is 9.22. The Hall–Kier alpha value is -1.26. The molecule has 0 amide bonds. The summed E-state index contributed by atoms with van der Waals surface area (Å²) in [5.74, 6) is 1.60. The lowest BCUT2D eigenvalue weighted by molar-refractivity contribution is 0.127. The Balaban J connectivity index is 2.64. The van der Waals surface area contributed by atoms with Gasteiger partial charge in [0.05, 0.1) is 20.3 Å². The lowest BCUT2D eigenvalue weighted by atomic mass is 10.1. The number of para-hydroxylation sites is 1. The van der Waals surface area contributed by atoms with Crippen LogP contribution >= 0.6 is 0 Å². The van der Waals surface area contributed by atoms with E-state index < -0.39 is 0 Å². The molecule has 0 saturated carbocycles. The number of hydrogen-bond acceptors (Lipinski definition) is 4. The Labute approximate surface area is 116 Å². The van der Waals surface area contributed by atoms with Crippen molar-refractivity contribution in [2.45, 2.75) is 33.4 Å². The molecule has 0 bridgehead atoms. The van der Waals surface area contributed by atoms with E-state index in [4.69, 9.17) is 14.2 Å². The van der Waals surface area contributed by atoms with Gasteiger partial charge in [-0.05, 0) is 26.8 Å². The number of nitrogens with one attached hydrogen (secondary N) is 1. The molecule has 0 aromatic heterocycles. The maximum absolute atomic E-state index is 5.56. The van der Waals surface area contributed by atoms with Crippen molar-refractivity contribution in [3.63, 3.8) is 0 Å². The summed E-state index contributed by atoms with van der Waals surface area (Å²) in [4.78, 5) is 0. The zero-order chi connectivity index (χ0) is 14.1. The van der Waals surface area contributed by atoms with Crippen LogP contribution in [0.1, 0.15) is 26.3 Å². The molecular weight excluding hydrogens is 242 g/mol. The van der Waals surface area contributed by atoms with Gasteiger partial charge in [0.15, 0.2) is 11.5 Å². The Morgan fingerprint density at radius 1 is 1.21 bits per heavy atom. The lowest BCUT2D eigenvalue weighted by Crippen LogP contribution is -2.30. The van der Waals surface area contributed by atoms with E-state index in [1.165, 1.54) is 0 Å². The maximum Gasteiger partial charge on any atom is 0.165 e. The zero-order valence-corrected chi connectivity index (χ0v) is 12.4. The third-order valence-electron chi connectivity index (χ3n) is 2.78. The van der Waals surface area contributed by atoms with E-state index in [9.17, 15) is 0 Å². The van der Waals surface area contributed by atoms with E-state index >= 15 is 0 Å². The number of rotatable bonds is 9. The third-order valence-corrected chi connectivity index (χ3v) is 2.78. The van der Waals surface area contributed by atoms with Gasteiger partial charge < -0.3 is 19.5 Å². The van der Waals surface area contributed by atoms with Crippen molar-refractivity contribution in [1.29, 1.82) is 0 Å². The first kappa shape index (κ1) is 15.8. The summed E-state index contributed by atoms with van der Waals surface area (Å²) < 4.78 is 16.4. The van der Waals surface area contributed by atoms with Gasteiger partial charge in [-0.2, -0.15) is 0 Å². The molecule has 19 heavy (non-hydrogen) atoms. The summed E-state index contributed by atoms with van der Waals surface area (Å²) in [5.41, 5.74) is 1.09. The van der Waals surface area contributed by atoms with Gasteiger partial charge in [0, 0.05) is 24.8 Å². The Morgan fingerprint density at radius 3 is 2.63 bits per heavy atom. The summed E-state index contributed by atoms with van der Waals surface area (Å²) in [6, 6.07) is 6.26. The van der Waals surface area contributed by atoms with E-state index in [0.717, 1.165) is 30.2 Å². The Kier molecular flexibility index (Phi) is 7.30. The predicted molar refractivity (Wildman–Crippen MR) is 77.0 cm³/mol. The molecule has 1 aromatic rings. The molecule has 0 aliphatic carbocycles. The molecule has 1 atom stereocenters. The van der Waals surface area contributed by atoms with Crippen molar-refractivity contribution >= 4 is 0 Å². The summed E-state index contributed by atoms with van der Waals surface area (Å²) in [5, 5.41) is 3.42. The smallest absolute Gasteiger partial charge is 0.165 e. The topological polar surface area (TPSA) is 39.7 Å². The van der Waals surface area contributed by atoms with E-state index in [1.807, 2.05) is 32.0 Å². The molecule has 4 nitrogen and oxygen atoms in total. The second-order valence-electron chi connectivity index (χ2n) is 4.32. The van der Waals surface area contributed by atoms with E-state index in [0.29, 0.717) is 19.3 Å². The molecule has 1 unspecified atom stereocenters. The van der Waals surface area contributed by atoms with Crippen LogP contribution in [-0.2, 0) is 11.3 Å². The van der Waals surface area contributed by atoms with Crippen LogP contribution in [0.2, 0.25) is 0 Å². The molecular formula is C15H25NO3. The molecule has 0 fully saturated rings. The standard InChI is InChI=1S/C15H25NO3/c1-5-18-11-12(3)16-10-13-8-7-9-14(19-6-2)15(13)17-4/h7-9,12,16H,5-6,10-11H2,1-4H3. The Bertz CT molecular complexity index is 368. The van der Waals surface area contributed by atoms with Gasteiger partial charge in [-0.3, -0.25) is 0 Å². The van der Waals surface area contributed by atoms with Crippen LogP contribution < -0.4 is 14.8 Å². The molecule has 1 aromatic carbocycles. The Morgan fingerprint density at radius 2 is 2.00 bits per heavy atom. The quantitative estimate of drug-likeness (QED) is 0.746. The SMILES string of the molecule is CCOCC(C)NCc1cccc(OCC)c1OC. The van der Waals surface area contributed by atoms with Gasteiger partial charge in [0.1, 0.15) is 0 Å². The van der Waals surface area contributed by atoms with Gasteiger partial charge in [0.25, 0.3) is 0 Å². The van der Waals surface area contributed by atoms with E-state index in [2.05, 4.69) is 12.2 Å².